The second-order valence-corrected chi connectivity index (χ2v) is 8.13. The molecule has 1 aromatic heterocycles. The summed E-state index contributed by atoms with van der Waals surface area (Å²) in [7, 11) is 1.84. The minimum absolute atomic E-state index is 0.630. The van der Waals surface area contributed by atoms with Crippen LogP contribution in [0.2, 0.25) is 0 Å². The highest BCUT2D eigenvalue weighted by atomic mass is 32.1. The molecule has 0 spiro atoms. The van der Waals surface area contributed by atoms with Crippen LogP contribution in [0.5, 0.6) is 0 Å². The van der Waals surface area contributed by atoms with Crippen LogP contribution in [0.1, 0.15) is 41.8 Å². The average Bonchev–Trinajstić information content (AvgIpc) is 2.89. The van der Waals surface area contributed by atoms with Gasteiger partial charge in [-0.3, -0.25) is 4.99 Å². The standard InChI is InChI=1S/C18H33N5S/c1-14(13-23-10-6-5-7-11-23)12-21-18(19-4)20-9-8-17-22-15(2)16(3)24-17/h14H,5-13H2,1-4H3,(H2,19,20,21). The normalized spacial score (nSPS) is 17.8. The quantitative estimate of drug-likeness (QED) is 0.586. The molecular formula is C18H33N5S. The van der Waals surface area contributed by atoms with E-state index in [1.54, 1.807) is 11.3 Å². The summed E-state index contributed by atoms with van der Waals surface area (Å²) >= 11 is 1.79. The van der Waals surface area contributed by atoms with Crippen LogP contribution in [0.3, 0.4) is 0 Å². The summed E-state index contributed by atoms with van der Waals surface area (Å²) in [5.74, 6) is 1.52. The average molecular weight is 352 g/mol. The number of aliphatic imine (C=N–C) groups is 1. The van der Waals surface area contributed by atoms with Crippen LogP contribution in [-0.4, -0.2) is 55.6 Å². The predicted molar refractivity (Wildman–Crippen MR) is 104 cm³/mol. The molecular weight excluding hydrogens is 318 g/mol. The van der Waals surface area contributed by atoms with Gasteiger partial charge in [-0.1, -0.05) is 13.3 Å². The van der Waals surface area contributed by atoms with E-state index in [4.69, 9.17) is 0 Å². The Labute approximate surface area is 151 Å². The van der Waals surface area contributed by atoms with Crippen LogP contribution in [0.25, 0.3) is 0 Å². The molecule has 2 N–H and O–H groups in total. The maximum absolute atomic E-state index is 4.58. The molecule has 0 amide bonds. The van der Waals surface area contributed by atoms with Crippen molar-refractivity contribution in [3.05, 3.63) is 15.6 Å². The van der Waals surface area contributed by atoms with E-state index in [1.165, 1.54) is 48.8 Å². The van der Waals surface area contributed by atoms with Gasteiger partial charge in [0.25, 0.3) is 0 Å². The molecule has 5 nitrogen and oxygen atoms in total. The van der Waals surface area contributed by atoms with Gasteiger partial charge in [0, 0.05) is 38.0 Å². The Morgan fingerprint density at radius 2 is 2.00 bits per heavy atom. The fourth-order valence-corrected chi connectivity index (χ4v) is 4.01. The molecule has 6 heteroatoms. The number of hydrogen-bond donors (Lipinski definition) is 2. The summed E-state index contributed by atoms with van der Waals surface area (Å²) in [6, 6.07) is 0. The molecule has 0 aromatic carbocycles. The summed E-state index contributed by atoms with van der Waals surface area (Å²) in [6.45, 7) is 12.1. The Bertz CT molecular complexity index is 500. The lowest BCUT2D eigenvalue weighted by molar-refractivity contribution is 0.201. The van der Waals surface area contributed by atoms with E-state index in [1.807, 2.05) is 7.05 Å². The smallest absolute Gasteiger partial charge is 0.190 e. The van der Waals surface area contributed by atoms with E-state index >= 15 is 0 Å². The van der Waals surface area contributed by atoms with Gasteiger partial charge in [0.1, 0.15) is 0 Å². The zero-order valence-corrected chi connectivity index (χ0v) is 16.5. The van der Waals surface area contributed by atoms with Crippen molar-refractivity contribution >= 4 is 17.3 Å². The third-order valence-electron chi connectivity index (χ3n) is 4.56. The number of thiazole rings is 1. The van der Waals surface area contributed by atoms with Crippen molar-refractivity contribution in [3.8, 4) is 0 Å². The summed E-state index contributed by atoms with van der Waals surface area (Å²) in [5, 5.41) is 8.05. The number of piperidine rings is 1. The molecule has 2 rings (SSSR count). The third-order valence-corrected chi connectivity index (χ3v) is 5.70. The maximum atomic E-state index is 4.58. The van der Waals surface area contributed by atoms with Crippen molar-refractivity contribution in [3.63, 3.8) is 0 Å². The first-order chi connectivity index (χ1) is 11.6. The van der Waals surface area contributed by atoms with E-state index in [0.29, 0.717) is 5.92 Å². The highest BCUT2D eigenvalue weighted by Gasteiger charge is 2.13. The summed E-state index contributed by atoms with van der Waals surface area (Å²) in [4.78, 5) is 12.8. The van der Waals surface area contributed by atoms with Crippen molar-refractivity contribution < 1.29 is 0 Å². The number of aryl methyl sites for hydroxylation is 2. The molecule has 0 bridgehead atoms. The Hall–Kier alpha value is -1.14. The first-order valence-corrected chi connectivity index (χ1v) is 10.00. The lowest BCUT2D eigenvalue weighted by Gasteiger charge is -2.29. The van der Waals surface area contributed by atoms with Gasteiger partial charge in [-0.25, -0.2) is 4.98 Å². The monoisotopic (exact) mass is 351 g/mol. The second kappa shape index (κ2) is 9.99. The van der Waals surface area contributed by atoms with E-state index < -0.39 is 0 Å². The highest BCUT2D eigenvalue weighted by Crippen LogP contribution is 2.16. The van der Waals surface area contributed by atoms with Crippen molar-refractivity contribution in [2.24, 2.45) is 10.9 Å². The van der Waals surface area contributed by atoms with Crippen LogP contribution >= 0.6 is 11.3 Å². The molecule has 1 fully saturated rings. The number of aromatic nitrogens is 1. The third kappa shape index (κ3) is 6.40. The molecule has 1 unspecified atom stereocenters. The lowest BCUT2D eigenvalue weighted by atomic mass is 10.1. The minimum Gasteiger partial charge on any atom is -0.356 e. The van der Waals surface area contributed by atoms with E-state index in [-0.39, 0.29) is 0 Å². The molecule has 1 atom stereocenters. The summed E-state index contributed by atoms with van der Waals surface area (Å²) in [5.41, 5.74) is 1.16. The van der Waals surface area contributed by atoms with Crippen LogP contribution in [0.4, 0.5) is 0 Å². The molecule has 0 radical (unpaired) electrons. The van der Waals surface area contributed by atoms with Gasteiger partial charge < -0.3 is 15.5 Å². The Balaban J connectivity index is 1.64. The number of likely N-dealkylation sites (tertiary alicyclic amines) is 1. The van der Waals surface area contributed by atoms with Crippen LogP contribution in [-0.2, 0) is 6.42 Å². The van der Waals surface area contributed by atoms with E-state index in [9.17, 15) is 0 Å². The molecule has 1 saturated heterocycles. The van der Waals surface area contributed by atoms with Crippen LogP contribution < -0.4 is 10.6 Å². The number of hydrogen-bond acceptors (Lipinski definition) is 4. The number of nitrogens with zero attached hydrogens (tertiary/aromatic N) is 3. The van der Waals surface area contributed by atoms with Gasteiger partial charge in [-0.05, 0) is 45.7 Å². The zero-order valence-electron chi connectivity index (χ0n) is 15.7. The first-order valence-electron chi connectivity index (χ1n) is 9.18. The van der Waals surface area contributed by atoms with Crippen molar-refractivity contribution in [2.75, 3.05) is 39.8 Å². The molecule has 1 aliphatic heterocycles. The summed E-state index contributed by atoms with van der Waals surface area (Å²) < 4.78 is 0. The van der Waals surface area contributed by atoms with Gasteiger partial charge >= 0.3 is 0 Å². The first kappa shape index (κ1) is 19.2. The second-order valence-electron chi connectivity index (χ2n) is 6.85. The van der Waals surface area contributed by atoms with Gasteiger partial charge in [-0.15, -0.1) is 11.3 Å². The van der Waals surface area contributed by atoms with Crippen molar-refractivity contribution in [2.45, 2.75) is 46.5 Å². The van der Waals surface area contributed by atoms with E-state index in [0.717, 1.165) is 31.2 Å². The molecule has 0 saturated carbocycles. The molecule has 24 heavy (non-hydrogen) atoms. The number of guanidine groups is 1. The zero-order chi connectivity index (χ0) is 17.4. The topological polar surface area (TPSA) is 52.6 Å². The molecule has 1 aromatic rings. The van der Waals surface area contributed by atoms with Gasteiger partial charge in [0.2, 0.25) is 0 Å². The predicted octanol–water partition coefficient (Wildman–Crippen LogP) is 2.59. The van der Waals surface area contributed by atoms with Crippen molar-refractivity contribution in [1.29, 1.82) is 0 Å². The maximum Gasteiger partial charge on any atom is 0.190 e. The Kier molecular flexibility index (Phi) is 7.99. The van der Waals surface area contributed by atoms with E-state index in [2.05, 4.69) is 46.3 Å². The lowest BCUT2D eigenvalue weighted by Crippen LogP contribution is -2.42. The fourth-order valence-electron chi connectivity index (χ4n) is 3.07. The van der Waals surface area contributed by atoms with Crippen LogP contribution in [0, 0.1) is 19.8 Å². The number of nitrogens with one attached hydrogen (secondary N) is 2. The largest absolute Gasteiger partial charge is 0.356 e. The molecule has 2 heterocycles. The van der Waals surface area contributed by atoms with Gasteiger partial charge in [0.05, 0.1) is 10.7 Å². The minimum atomic E-state index is 0.630. The van der Waals surface area contributed by atoms with Crippen LogP contribution in [0.15, 0.2) is 4.99 Å². The Morgan fingerprint density at radius 1 is 1.25 bits per heavy atom. The van der Waals surface area contributed by atoms with Gasteiger partial charge in [-0.2, -0.15) is 0 Å². The Morgan fingerprint density at radius 3 is 2.62 bits per heavy atom. The molecule has 136 valence electrons. The van der Waals surface area contributed by atoms with Gasteiger partial charge in [0.15, 0.2) is 5.96 Å². The summed E-state index contributed by atoms with van der Waals surface area (Å²) in [6.07, 6.45) is 5.07. The SMILES string of the molecule is CN=C(NCCc1nc(C)c(C)s1)NCC(C)CN1CCCCC1. The molecule has 0 aliphatic carbocycles. The number of rotatable bonds is 7. The van der Waals surface area contributed by atoms with Crippen molar-refractivity contribution in [1.82, 2.24) is 20.5 Å². The molecule has 1 aliphatic rings. The highest BCUT2D eigenvalue weighted by molar-refractivity contribution is 7.11. The fraction of sp³-hybridized carbons (Fsp3) is 0.778.